The van der Waals surface area contributed by atoms with E-state index >= 15 is 0 Å². The Hall–Kier alpha value is -3.33. The summed E-state index contributed by atoms with van der Waals surface area (Å²) in [4.78, 5) is 49.3. The molecule has 3 aromatic rings. The summed E-state index contributed by atoms with van der Waals surface area (Å²) in [7, 11) is 0. The number of amides is 2. The first-order valence-electron chi connectivity index (χ1n) is 9.06. The number of fused-ring (bicyclic) bond motifs is 1. The highest BCUT2D eigenvalue weighted by Gasteiger charge is 2.20. The van der Waals surface area contributed by atoms with E-state index < -0.39 is 24.4 Å². The number of carbonyl (C=O) groups excluding carboxylic acids is 3. The van der Waals surface area contributed by atoms with Crippen molar-refractivity contribution in [3.63, 3.8) is 0 Å². The molecule has 8 nitrogen and oxygen atoms in total. The van der Waals surface area contributed by atoms with Crippen LogP contribution in [0.1, 0.15) is 39.9 Å². The molecular weight excluding hydrogens is 394 g/mol. The zero-order valence-corrected chi connectivity index (χ0v) is 16.5. The van der Waals surface area contributed by atoms with E-state index in [0.29, 0.717) is 22.2 Å². The van der Waals surface area contributed by atoms with Gasteiger partial charge in [0.05, 0.1) is 10.3 Å². The number of nitrogens with one attached hydrogen (secondary N) is 1. The molecular formula is C20H19N3O5S. The van der Waals surface area contributed by atoms with Crippen LogP contribution in [0.25, 0.3) is 10.8 Å². The van der Waals surface area contributed by atoms with Gasteiger partial charge in [0.15, 0.2) is 12.3 Å². The van der Waals surface area contributed by atoms with Crippen LogP contribution in [0.5, 0.6) is 0 Å². The van der Waals surface area contributed by atoms with Crippen LogP contribution in [0.2, 0.25) is 0 Å². The lowest BCUT2D eigenvalue weighted by Gasteiger charge is -2.10. The SMILES string of the molecule is CCCCn1nc(C(=O)OCC(=O)NC(=O)c2cccs2)c2ccccc2c1=O. The second-order valence-electron chi connectivity index (χ2n) is 6.21. The van der Waals surface area contributed by atoms with Crippen LogP contribution in [0.4, 0.5) is 0 Å². The number of aryl methyl sites for hydroxylation is 1. The van der Waals surface area contributed by atoms with Crippen LogP contribution in [0.15, 0.2) is 46.6 Å². The molecule has 0 aliphatic heterocycles. The van der Waals surface area contributed by atoms with E-state index in [2.05, 4.69) is 10.4 Å². The van der Waals surface area contributed by atoms with E-state index in [1.807, 2.05) is 6.92 Å². The minimum atomic E-state index is -0.842. The number of nitrogens with zero attached hydrogens (tertiary/aromatic N) is 2. The average Bonchev–Trinajstić information content (AvgIpc) is 3.27. The highest BCUT2D eigenvalue weighted by molar-refractivity contribution is 7.12. The fraction of sp³-hybridized carbons (Fsp3) is 0.250. The Morgan fingerprint density at radius 2 is 1.90 bits per heavy atom. The number of ether oxygens (including phenoxy) is 1. The molecule has 1 aromatic carbocycles. The molecule has 0 bridgehead atoms. The molecule has 29 heavy (non-hydrogen) atoms. The maximum Gasteiger partial charge on any atom is 0.359 e. The Morgan fingerprint density at radius 3 is 2.59 bits per heavy atom. The molecule has 0 aliphatic rings. The largest absolute Gasteiger partial charge is 0.451 e. The van der Waals surface area contributed by atoms with Gasteiger partial charge in [-0.1, -0.05) is 37.6 Å². The normalized spacial score (nSPS) is 10.7. The van der Waals surface area contributed by atoms with Gasteiger partial charge in [-0.2, -0.15) is 5.10 Å². The summed E-state index contributed by atoms with van der Waals surface area (Å²) in [5, 5.41) is 8.72. The lowest BCUT2D eigenvalue weighted by Crippen LogP contribution is -2.34. The smallest absolute Gasteiger partial charge is 0.359 e. The van der Waals surface area contributed by atoms with Crippen molar-refractivity contribution >= 4 is 39.9 Å². The maximum absolute atomic E-state index is 12.6. The minimum absolute atomic E-state index is 0.0475. The Bertz CT molecular complexity index is 1110. The summed E-state index contributed by atoms with van der Waals surface area (Å²) in [6, 6.07) is 9.87. The van der Waals surface area contributed by atoms with Gasteiger partial charge in [0.1, 0.15) is 0 Å². The molecule has 0 aliphatic carbocycles. The van der Waals surface area contributed by atoms with Crippen molar-refractivity contribution in [1.29, 1.82) is 0 Å². The molecule has 2 amide bonds. The summed E-state index contributed by atoms with van der Waals surface area (Å²) in [5.74, 6) is -2.15. The molecule has 0 saturated heterocycles. The van der Waals surface area contributed by atoms with Gasteiger partial charge in [-0.15, -0.1) is 11.3 Å². The van der Waals surface area contributed by atoms with Crippen LogP contribution in [0.3, 0.4) is 0 Å². The van der Waals surface area contributed by atoms with Crippen molar-refractivity contribution in [3.05, 3.63) is 62.7 Å². The van der Waals surface area contributed by atoms with Gasteiger partial charge in [-0.05, 0) is 23.9 Å². The lowest BCUT2D eigenvalue weighted by molar-refractivity contribution is -0.123. The van der Waals surface area contributed by atoms with Crippen molar-refractivity contribution in [3.8, 4) is 0 Å². The molecule has 0 spiro atoms. The molecule has 150 valence electrons. The predicted octanol–water partition coefficient (Wildman–Crippen LogP) is 2.37. The van der Waals surface area contributed by atoms with Crippen LogP contribution >= 0.6 is 11.3 Å². The first-order chi connectivity index (χ1) is 14.0. The van der Waals surface area contributed by atoms with E-state index in [1.54, 1.807) is 41.8 Å². The number of esters is 1. The van der Waals surface area contributed by atoms with Gasteiger partial charge in [0.25, 0.3) is 17.4 Å². The van der Waals surface area contributed by atoms with Crippen molar-refractivity contribution in [2.24, 2.45) is 0 Å². The van der Waals surface area contributed by atoms with Gasteiger partial charge in [-0.3, -0.25) is 19.7 Å². The molecule has 2 aromatic heterocycles. The lowest BCUT2D eigenvalue weighted by atomic mass is 10.1. The molecule has 0 saturated carbocycles. The fourth-order valence-corrected chi connectivity index (χ4v) is 3.30. The molecule has 0 radical (unpaired) electrons. The summed E-state index contributed by atoms with van der Waals surface area (Å²) in [5.41, 5.74) is -0.335. The van der Waals surface area contributed by atoms with E-state index in [4.69, 9.17) is 4.74 Å². The number of carbonyl (C=O) groups is 3. The van der Waals surface area contributed by atoms with Crippen molar-refractivity contribution in [2.75, 3.05) is 6.61 Å². The summed E-state index contributed by atoms with van der Waals surface area (Å²) in [6.07, 6.45) is 1.59. The number of rotatable bonds is 7. The number of aromatic nitrogens is 2. The molecule has 0 atom stereocenters. The van der Waals surface area contributed by atoms with Gasteiger partial charge in [-0.25, -0.2) is 9.48 Å². The van der Waals surface area contributed by atoms with Gasteiger partial charge in [0.2, 0.25) is 0 Å². The Balaban J connectivity index is 1.76. The van der Waals surface area contributed by atoms with Crippen LogP contribution in [-0.2, 0) is 16.1 Å². The molecule has 2 heterocycles. The molecule has 1 N–H and O–H groups in total. The van der Waals surface area contributed by atoms with E-state index in [0.717, 1.165) is 12.8 Å². The second-order valence-corrected chi connectivity index (χ2v) is 7.15. The zero-order valence-electron chi connectivity index (χ0n) is 15.7. The fourth-order valence-electron chi connectivity index (χ4n) is 2.68. The van der Waals surface area contributed by atoms with Crippen molar-refractivity contribution in [1.82, 2.24) is 15.1 Å². The quantitative estimate of drug-likeness (QED) is 0.596. The minimum Gasteiger partial charge on any atom is -0.451 e. The third-order valence-electron chi connectivity index (χ3n) is 4.12. The Kier molecular flexibility index (Phi) is 6.50. The standard InChI is InChI=1S/C20H19N3O5S/c1-2-3-10-23-19(26)14-8-5-4-7-13(14)17(22-23)20(27)28-12-16(24)21-18(25)15-9-6-11-29-15/h4-9,11H,2-3,10,12H2,1H3,(H,21,24,25). The zero-order chi connectivity index (χ0) is 20.8. The van der Waals surface area contributed by atoms with E-state index in [9.17, 15) is 19.2 Å². The van der Waals surface area contributed by atoms with Crippen LogP contribution < -0.4 is 10.9 Å². The number of benzene rings is 1. The van der Waals surface area contributed by atoms with E-state index in [-0.39, 0.29) is 11.3 Å². The van der Waals surface area contributed by atoms with Crippen molar-refractivity contribution in [2.45, 2.75) is 26.3 Å². The number of thiophene rings is 1. The Labute approximate surface area is 170 Å². The molecule has 3 rings (SSSR count). The highest BCUT2D eigenvalue weighted by Crippen LogP contribution is 2.14. The molecule has 0 unspecified atom stereocenters. The number of unbranched alkanes of at least 4 members (excludes halogenated alkanes) is 1. The second kappa shape index (κ2) is 9.24. The van der Waals surface area contributed by atoms with Gasteiger partial charge >= 0.3 is 5.97 Å². The van der Waals surface area contributed by atoms with Gasteiger partial charge in [0, 0.05) is 11.9 Å². The third kappa shape index (κ3) is 4.75. The number of imide groups is 1. The Morgan fingerprint density at radius 1 is 1.14 bits per heavy atom. The molecule has 9 heteroatoms. The maximum atomic E-state index is 12.6. The topological polar surface area (TPSA) is 107 Å². The summed E-state index contributed by atoms with van der Waals surface area (Å²) in [6.45, 7) is 1.72. The monoisotopic (exact) mass is 413 g/mol. The average molecular weight is 413 g/mol. The number of hydrogen-bond donors (Lipinski definition) is 1. The molecule has 0 fully saturated rings. The van der Waals surface area contributed by atoms with Crippen LogP contribution in [0, 0.1) is 0 Å². The van der Waals surface area contributed by atoms with E-state index in [1.165, 1.54) is 16.0 Å². The first kappa shape index (κ1) is 20.4. The summed E-state index contributed by atoms with van der Waals surface area (Å²) < 4.78 is 6.28. The highest BCUT2D eigenvalue weighted by atomic mass is 32.1. The van der Waals surface area contributed by atoms with Crippen LogP contribution in [-0.4, -0.2) is 34.2 Å². The number of hydrogen-bond acceptors (Lipinski definition) is 7. The van der Waals surface area contributed by atoms with Crippen molar-refractivity contribution < 1.29 is 19.1 Å². The third-order valence-corrected chi connectivity index (χ3v) is 4.99. The first-order valence-corrected chi connectivity index (χ1v) is 9.94. The predicted molar refractivity (Wildman–Crippen MR) is 108 cm³/mol. The van der Waals surface area contributed by atoms with Gasteiger partial charge < -0.3 is 4.74 Å². The summed E-state index contributed by atoms with van der Waals surface area (Å²) >= 11 is 1.19.